The average molecular weight is 324 g/mol. The fourth-order valence-corrected chi connectivity index (χ4v) is 3.03. The molecular formula is C18H24N6. The fraction of sp³-hybridized carbons (Fsp3) is 0.389. The molecule has 0 aliphatic rings. The molecule has 24 heavy (non-hydrogen) atoms. The standard InChI is InChI=1S/C18H24N6/c1-12(9-16-10-13(2)22-23-16)21-14(3)17-11-20-24(15(17)4)18-7-5-6-8-19-18/h5-8,10-12,14,21H,9H2,1-4H3,(H,22,23). The van der Waals surface area contributed by atoms with Crippen molar-refractivity contribution in [3.63, 3.8) is 0 Å². The smallest absolute Gasteiger partial charge is 0.153 e. The molecule has 3 rings (SSSR count). The zero-order valence-electron chi connectivity index (χ0n) is 14.6. The van der Waals surface area contributed by atoms with E-state index in [1.165, 1.54) is 5.56 Å². The van der Waals surface area contributed by atoms with E-state index in [0.29, 0.717) is 6.04 Å². The van der Waals surface area contributed by atoms with Gasteiger partial charge in [-0.1, -0.05) is 6.07 Å². The molecule has 0 saturated heterocycles. The van der Waals surface area contributed by atoms with Gasteiger partial charge in [0.05, 0.1) is 11.9 Å². The van der Waals surface area contributed by atoms with Crippen LogP contribution in [-0.2, 0) is 6.42 Å². The quantitative estimate of drug-likeness (QED) is 0.731. The van der Waals surface area contributed by atoms with Crippen LogP contribution in [0, 0.1) is 13.8 Å². The Bertz CT molecular complexity index is 789. The number of nitrogens with zero attached hydrogens (tertiary/aromatic N) is 4. The van der Waals surface area contributed by atoms with Crippen molar-refractivity contribution < 1.29 is 0 Å². The number of hydrogen-bond donors (Lipinski definition) is 2. The number of pyridine rings is 1. The van der Waals surface area contributed by atoms with Crippen LogP contribution in [0.2, 0.25) is 0 Å². The molecule has 3 heterocycles. The summed E-state index contributed by atoms with van der Waals surface area (Å²) < 4.78 is 1.88. The minimum absolute atomic E-state index is 0.206. The van der Waals surface area contributed by atoms with Gasteiger partial charge < -0.3 is 5.32 Å². The second kappa shape index (κ2) is 6.97. The molecule has 126 valence electrons. The maximum Gasteiger partial charge on any atom is 0.153 e. The molecule has 6 nitrogen and oxygen atoms in total. The van der Waals surface area contributed by atoms with Gasteiger partial charge in [-0.2, -0.15) is 10.2 Å². The third-order valence-corrected chi connectivity index (χ3v) is 4.19. The van der Waals surface area contributed by atoms with Crippen molar-refractivity contribution in [3.05, 3.63) is 59.3 Å². The predicted octanol–water partition coefficient (Wildman–Crippen LogP) is 2.89. The average Bonchev–Trinajstić information content (AvgIpc) is 3.13. The Morgan fingerprint density at radius 2 is 2.08 bits per heavy atom. The summed E-state index contributed by atoms with van der Waals surface area (Å²) >= 11 is 0. The lowest BCUT2D eigenvalue weighted by molar-refractivity contribution is 0.472. The summed E-state index contributed by atoms with van der Waals surface area (Å²) in [5, 5.41) is 15.4. The molecule has 2 unspecified atom stereocenters. The lowest BCUT2D eigenvalue weighted by Gasteiger charge is -2.19. The van der Waals surface area contributed by atoms with Crippen LogP contribution in [-0.4, -0.2) is 31.0 Å². The molecule has 0 aromatic carbocycles. The Morgan fingerprint density at radius 1 is 1.25 bits per heavy atom. The van der Waals surface area contributed by atoms with Crippen molar-refractivity contribution in [3.8, 4) is 5.82 Å². The minimum atomic E-state index is 0.206. The molecule has 0 aliphatic carbocycles. The van der Waals surface area contributed by atoms with E-state index in [-0.39, 0.29) is 6.04 Å². The molecule has 0 fully saturated rings. The molecule has 2 atom stereocenters. The molecule has 0 bridgehead atoms. The first-order chi connectivity index (χ1) is 11.5. The van der Waals surface area contributed by atoms with E-state index in [2.05, 4.69) is 52.4 Å². The van der Waals surface area contributed by atoms with Gasteiger partial charge in [-0.15, -0.1) is 0 Å². The van der Waals surface area contributed by atoms with E-state index >= 15 is 0 Å². The number of H-pyrrole nitrogens is 1. The van der Waals surface area contributed by atoms with Crippen molar-refractivity contribution in [2.24, 2.45) is 0 Å². The first-order valence-corrected chi connectivity index (χ1v) is 8.27. The number of nitrogens with one attached hydrogen (secondary N) is 2. The maximum absolute atomic E-state index is 4.50. The summed E-state index contributed by atoms with van der Waals surface area (Å²) in [6, 6.07) is 8.46. The first kappa shape index (κ1) is 16.4. The monoisotopic (exact) mass is 324 g/mol. The van der Waals surface area contributed by atoms with Crippen molar-refractivity contribution in [2.75, 3.05) is 0 Å². The summed E-state index contributed by atoms with van der Waals surface area (Å²) in [5.41, 5.74) is 4.47. The second-order valence-electron chi connectivity index (χ2n) is 6.32. The highest BCUT2D eigenvalue weighted by Gasteiger charge is 2.17. The van der Waals surface area contributed by atoms with E-state index < -0.39 is 0 Å². The van der Waals surface area contributed by atoms with Crippen LogP contribution >= 0.6 is 0 Å². The Hall–Kier alpha value is -2.47. The van der Waals surface area contributed by atoms with E-state index in [9.17, 15) is 0 Å². The van der Waals surface area contributed by atoms with Crippen molar-refractivity contribution in [1.82, 2.24) is 30.3 Å². The highest BCUT2D eigenvalue weighted by molar-refractivity contribution is 5.29. The Balaban J connectivity index is 1.69. The van der Waals surface area contributed by atoms with Crippen LogP contribution in [0.25, 0.3) is 5.82 Å². The molecule has 0 amide bonds. The largest absolute Gasteiger partial charge is 0.307 e. The molecule has 6 heteroatoms. The molecule has 0 saturated carbocycles. The van der Waals surface area contributed by atoms with Crippen LogP contribution in [0.15, 0.2) is 36.7 Å². The van der Waals surface area contributed by atoms with Crippen LogP contribution in [0.3, 0.4) is 0 Å². The number of aryl methyl sites for hydroxylation is 1. The van der Waals surface area contributed by atoms with Crippen LogP contribution in [0.4, 0.5) is 0 Å². The number of rotatable bonds is 6. The highest BCUT2D eigenvalue weighted by atomic mass is 15.3. The topological polar surface area (TPSA) is 71.4 Å². The normalized spacial score (nSPS) is 13.8. The van der Waals surface area contributed by atoms with E-state index in [1.54, 1.807) is 6.20 Å². The zero-order chi connectivity index (χ0) is 17.1. The maximum atomic E-state index is 4.50. The van der Waals surface area contributed by atoms with Gasteiger partial charge in [0.1, 0.15) is 0 Å². The zero-order valence-corrected chi connectivity index (χ0v) is 14.6. The number of hydrogen-bond acceptors (Lipinski definition) is 4. The summed E-state index contributed by atoms with van der Waals surface area (Å²) in [6.07, 6.45) is 4.60. The van der Waals surface area contributed by atoms with Crippen molar-refractivity contribution in [1.29, 1.82) is 0 Å². The third kappa shape index (κ3) is 3.54. The lowest BCUT2D eigenvalue weighted by Crippen LogP contribution is -2.31. The van der Waals surface area contributed by atoms with Gasteiger partial charge in [-0.05, 0) is 45.9 Å². The van der Waals surface area contributed by atoms with E-state index in [4.69, 9.17) is 0 Å². The molecule has 2 N–H and O–H groups in total. The van der Waals surface area contributed by atoms with E-state index in [0.717, 1.165) is 29.3 Å². The van der Waals surface area contributed by atoms with Gasteiger partial charge in [0.25, 0.3) is 0 Å². The summed E-state index contributed by atoms with van der Waals surface area (Å²) in [6.45, 7) is 8.45. The Morgan fingerprint density at radius 3 is 2.75 bits per heavy atom. The minimum Gasteiger partial charge on any atom is -0.307 e. The van der Waals surface area contributed by atoms with Crippen LogP contribution in [0.5, 0.6) is 0 Å². The lowest BCUT2D eigenvalue weighted by atomic mass is 10.1. The molecule has 3 aromatic heterocycles. The number of aromatic amines is 1. The van der Waals surface area contributed by atoms with Crippen molar-refractivity contribution in [2.45, 2.75) is 46.2 Å². The molecular weight excluding hydrogens is 300 g/mol. The van der Waals surface area contributed by atoms with Crippen molar-refractivity contribution >= 4 is 0 Å². The van der Waals surface area contributed by atoms with Gasteiger partial charge in [-0.25, -0.2) is 9.67 Å². The molecule has 3 aromatic rings. The van der Waals surface area contributed by atoms with Gasteiger partial charge in [0.15, 0.2) is 5.82 Å². The van der Waals surface area contributed by atoms with E-state index in [1.807, 2.05) is 36.0 Å². The SMILES string of the molecule is Cc1cc(CC(C)NC(C)c2cnn(-c3ccccn3)c2C)n[nH]1. The Kier molecular flexibility index (Phi) is 4.76. The predicted molar refractivity (Wildman–Crippen MR) is 94.1 cm³/mol. The van der Waals surface area contributed by atoms with Crippen LogP contribution in [0.1, 0.15) is 42.5 Å². The van der Waals surface area contributed by atoms with Crippen LogP contribution < -0.4 is 5.32 Å². The second-order valence-corrected chi connectivity index (χ2v) is 6.32. The highest BCUT2D eigenvalue weighted by Crippen LogP contribution is 2.20. The Labute approximate surface area is 142 Å². The summed E-state index contributed by atoms with van der Waals surface area (Å²) in [4.78, 5) is 4.37. The summed E-state index contributed by atoms with van der Waals surface area (Å²) in [7, 11) is 0. The summed E-state index contributed by atoms with van der Waals surface area (Å²) in [5.74, 6) is 0.841. The molecule has 0 aliphatic heterocycles. The fourth-order valence-electron chi connectivity index (χ4n) is 3.03. The van der Waals surface area contributed by atoms with Gasteiger partial charge in [-0.3, -0.25) is 5.10 Å². The van der Waals surface area contributed by atoms with Gasteiger partial charge >= 0.3 is 0 Å². The first-order valence-electron chi connectivity index (χ1n) is 8.27. The molecule has 0 radical (unpaired) electrons. The molecule has 0 spiro atoms. The third-order valence-electron chi connectivity index (χ3n) is 4.19. The van der Waals surface area contributed by atoms with Gasteiger partial charge in [0.2, 0.25) is 0 Å². The number of aromatic nitrogens is 5. The van der Waals surface area contributed by atoms with Gasteiger partial charge in [0, 0.05) is 41.7 Å².